The highest BCUT2D eigenvalue weighted by Crippen LogP contribution is 2.25. The van der Waals surface area contributed by atoms with Gasteiger partial charge in [-0.1, -0.05) is 17.7 Å². The number of hydrogen-bond acceptors (Lipinski definition) is 4. The molecule has 1 N–H and O–H groups in total. The maximum atomic E-state index is 13.7. The minimum Gasteiger partial charge on any atom is -0.247 e. The van der Waals surface area contributed by atoms with Gasteiger partial charge in [-0.05, 0) is 32.0 Å². The van der Waals surface area contributed by atoms with E-state index in [1.165, 1.54) is 12.1 Å². The number of nitrogens with one attached hydrogen (secondary N) is 1. The third-order valence-electron chi connectivity index (χ3n) is 2.40. The molecule has 0 saturated carbocycles. The van der Waals surface area contributed by atoms with Crippen LogP contribution in [0.2, 0.25) is 5.02 Å². The lowest BCUT2D eigenvalue weighted by Gasteiger charge is -2.09. The Morgan fingerprint density at radius 1 is 1.20 bits per heavy atom. The molecule has 1 aromatic carbocycles. The zero-order chi connectivity index (χ0) is 14.9. The van der Waals surface area contributed by atoms with E-state index in [1.54, 1.807) is 19.9 Å². The second kappa shape index (κ2) is 5.34. The fourth-order valence-corrected chi connectivity index (χ4v) is 3.23. The molecule has 5 nitrogen and oxygen atoms in total. The highest BCUT2D eigenvalue weighted by Gasteiger charge is 2.23. The molecule has 2 rings (SSSR count). The summed E-state index contributed by atoms with van der Waals surface area (Å²) in [5.74, 6) is -1.06. The molecule has 0 amide bonds. The monoisotopic (exact) mass is 315 g/mol. The van der Waals surface area contributed by atoms with Gasteiger partial charge in [0.15, 0.2) is 0 Å². The molecule has 0 unspecified atom stereocenters. The molecule has 0 aliphatic carbocycles. The van der Waals surface area contributed by atoms with E-state index in [4.69, 9.17) is 11.6 Å². The number of aryl methyl sites for hydroxylation is 2. The highest BCUT2D eigenvalue weighted by molar-refractivity contribution is 7.92. The molecule has 0 fully saturated rings. The fraction of sp³-hybridized carbons (Fsp3) is 0.167. The molecular formula is C12H11ClFN3O2S. The van der Waals surface area contributed by atoms with Crippen LogP contribution < -0.4 is 4.72 Å². The van der Waals surface area contributed by atoms with Crippen LogP contribution in [0.3, 0.4) is 0 Å². The quantitative estimate of drug-likeness (QED) is 0.945. The van der Waals surface area contributed by atoms with E-state index >= 15 is 0 Å². The summed E-state index contributed by atoms with van der Waals surface area (Å²) in [6, 6.07) is 5.32. The summed E-state index contributed by atoms with van der Waals surface area (Å²) in [7, 11) is -4.19. The first-order valence-corrected chi connectivity index (χ1v) is 7.45. The molecule has 0 atom stereocenters. The average molecular weight is 316 g/mol. The van der Waals surface area contributed by atoms with Crippen molar-refractivity contribution in [3.63, 3.8) is 0 Å². The number of hydrogen-bond donors (Lipinski definition) is 1. The smallest absolute Gasteiger partial charge is 0.247 e. The van der Waals surface area contributed by atoms with Crippen molar-refractivity contribution >= 4 is 27.6 Å². The zero-order valence-electron chi connectivity index (χ0n) is 10.7. The summed E-state index contributed by atoms with van der Waals surface area (Å²) in [5.41, 5.74) is 1.18. The Balaban J connectivity index is 2.46. The Kier molecular flexibility index (Phi) is 3.92. The molecule has 0 aliphatic rings. The predicted octanol–water partition coefficient (Wildman–Crippen LogP) is 2.69. The highest BCUT2D eigenvalue weighted by atomic mass is 35.5. The first kappa shape index (κ1) is 14.7. The van der Waals surface area contributed by atoms with Gasteiger partial charge in [-0.25, -0.2) is 27.5 Å². The first-order valence-electron chi connectivity index (χ1n) is 5.59. The van der Waals surface area contributed by atoms with Gasteiger partial charge in [0.05, 0.1) is 5.02 Å². The summed E-state index contributed by atoms with van der Waals surface area (Å²) in [6.45, 7) is 3.39. The van der Waals surface area contributed by atoms with Gasteiger partial charge in [-0.15, -0.1) is 0 Å². The predicted molar refractivity (Wildman–Crippen MR) is 73.7 cm³/mol. The van der Waals surface area contributed by atoms with E-state index in [0.717, 1.165) is 6.07 Å². The number of rotatable bonds is 3. The van der Waals surface area contributed by atoms with Crippen LogP contribution >= 0.6 is 11.6 Å². The Morgan fingerprint density at radius 3 is 2.35 bits per heavy atom. The Hall–Kier alpha value is -1.73. The number of halogens is 2. The van der Waals surface area contributed by atoms with Crippen molar-refractivity contribution in [3.05, 3.63) is 46.5 Å². The van der Waals surface area contributed by atoms with Crippen molar-refractivity contribution in [1.82, 2.24) is 9.97 Å². The maximum Gasteiger partial charge on any atom is 0.268 e. The largest absolute Gasteiger partial charge is 0.268 e. The molecule has 106 valence electrons. The maximum absolute atomic E-state index is 13.7. The molecule has 0 saturated heterocycles. The van der Waals surface area contributed by atoms with Gasteiger partial charge in [-0.3, -0.25) is 0 Å². The van der Waals surface area contributed by atoms with Crippen LogP contribution in [-0.2, 0) is 10.0 Å². The van der Waals surface area contributed by atoms with E-state index in [1.807, 2.05) is 0 Å². The second-order valence-electron chi connectivity index (χ2n) is 4.13. The molecule has 0 spiro atoms. The summed E-state index contributed by atoms with van der Waals surface area (Å²) < 4.78 is 40.1. The lowest BCUT2D eigenvalue weighted by Crippen LogP contribution is -2.17. The standard InChI is InChI=1S/C12H11ClFN3O2S/c1-7-6-8(2)16-12(15-7)17-20(18,19)11-9(13)4-3-5-10(11)14/h3-6H,1-2H3,(H,15,16,17). The van der Waals surface area contributed by atoms with E-state index in [-0.39, 0.29) is 11.0 Å². The molecule has 1 aromatic heterocycles. The van der Waals surface area contributed by atoms with Gasteiger partial charge in [0, 0.05) is 11.4 Å². The average Bonchev–Trinajstić information content (AvgIpc) is 2.25. The Bertz CT molecular complexity index is 725. The van der Waals surface area contributed by atoms with Crippen LogP contribution in [0.25, 0.3) is 0 Å². The van der Waals surface area contributed by atoms with Crippen molar-refractivity contribution in [3.8, 4) is 0 Å². The zero-order valence-corrected chi connectivity index (χ0v) is 12.3. The summed E-state index contributed by atoms with van der Waals surface area (Å²) >= 11 is 5.74. The van der Waals surface area contributed by atoms with Gasteiger partial charge < -0.3 is 0 Å². The molecule has 8 heteroatoms. The van der Waals surface area contributed by atoms with E-state index in [0.29, 0.717) is 11.4 Å². The Morgan fingerprint density at radius 2 is 1.80 bits per heavy atom. The van der Waals surface area contributed by atoms with Crippen LogP contribution in [-0.4, -0.2) is 18.4 Å². The van der Waals surface area contributed by atoms with Crippen molar-refractivity contribution in [2.24, 2.45) is 0 Å². The lowest BCUT2D eigenvalue weighted by atomic mass is 10.3. The number of anilines is 1. The normalized spacial score (nSPS) is 11.4. The number of nitrogens with zero attached hydrogens (tertiary/aromatic N) is 2. The molecule has 0 radical (unpaired) electrons. The third-order valence-corrected chi connectivity index (χ3v) is 4.23. The summed E-state index contributed by atoms with van der Waals surface area (Å²) in [5, 5.41) is -0.207. The van der Waals surface area contributed by atoms with Crippen LogP contribution in [0, 0.1) is 19.7 Å². The summed E-state index contributed by atoms with van der Waals surface area (Å²) in [4.78, 5) is 7.25. The lowest BCUT2D eigenvalue weighted by molar-refractivity contribution is 0.570. The third kappa shape index (κ3) is 3.05. The van der Waals surface area contributed by atoms with E-state index < -0.39 is 20.7 Å². The number of benzene rings is 1. The van der Waals surface area contributed by atoms with Crippen LogP contribution in [0.5, 0.6) is 0 Å². The van der Waals surface area contributed by atoms with E-state index in [9.17, 15) is 12.8 Å². The molecule has 2 aromatic rings. The fourth-order valence-electron chi connectivity index (χ4n) is 1.68. The number of sulfonamides is 1. The minimum atomic E-state index is -4.19. The van der Waals surface area contributed by atoms with Crippen molar-refractivity contribution in [1.29, 1.82) is 0 Å². The van der Waals surface area contributed by atoms with Gasteiger partial charge in [0.1, 0.15) is 10.7 Å². The van der Waals surface area contributed by atoms with Crippen molar-refractivity contribution < 1.29 is 12.8 Å². The molecule has 0 bridgehead atoms. The van der Waals surface area contributed by atoms with Gasteiger partial charge in [0.25, 0.3) is 10.0 Å². The minimum absolute atomic E-state index is 0.123. The second-order valence-corrected chi connectivity index (χ2v) is 6.16. The molecule has 0 aliphatic heterocycles. The SMILES string of the molecule is Cc1cc(C)nc(NS(=O)(=O)c2c(F)cccc2Cl)n1. The van der Waals surface area contributed by atoms with Crippen LogP contribution in [0.1, 0.15) is 11.4 Å². The van der Waals surface area contributed by atoms with Crippen LogP contribution in [0.4, 0.5) is 10.3 Å². The van der Waals surface area contributed by atoms with Crippen LogP contribution in [0.15, 0.2) is 29.2 Å². The first-order chi connectivity index (χ1) is 9.29. The van der Waals surface area contributed by atoms with Gasteiger partial charge >= 0.3 is 0 Å². The molecule has 1 heterocycles. The van der Waals surface area contributed by atoms with Crippen molar-refractivity contribution in [2.45, 2.75) is 18.7 Å². The number of aromatic nitrogens is 2. The Labute approximate surface area is 120 Å². The van der Waals surface area contributed by atoms with Gasteiger partial charge in [0.2, 0.25) is 5.95 Å². The van der Waals surface area contributed by atoms with E-state index in [2.05, 4.69) is 14.7 Å². The summed E-state index contributed by atoms with van der Waals surface area (Å²) in [6.07, 6.45) is 0. The molecular weight excluding hydrogens is 305 g/mol. The molecule has 20 heavy (non-hydrogen) atoms. The van der Waals surface area contributed by atoms with Gasteiger partial charge in [-0.2, -0.15) is 0 Å². The van der Waals surface area contributed by atoms with Crippen molar-refractivity contribution in [2.75, 3.05) is 4.72 Å². The topological polar surface area (TPSA) is 72.0 Å².